The Morgan fingerprint density at radius 2 is 1.80 bits per heavy atom. The van der Waals surface area contributed by atoms with Crippen LogP contribution in [0.5, 0.6) is 23.0 Å². The van der Waals surface area contributed by atoms with E-state index >= 15 is 0 Å². The summed E-state index contributed by atoms with van der Waals surface area (Å²) in [5, 5.41) is 20.0. The van der Waals surface area contributed by atoms with Crippen molar-refractivity contribution >= 4 is 34.1 Å². The van der Waals surface area contributed by atoms with E-state index < -0.39 is 24.3 Å². The van der Waals surface area contributed by atoms with Gasteiger partial charge in [0.05, 0.1) is 38.7 Å². The first-order valence-corrected chi connectivity index (χ1v) is 14.8. The number of nitrogens with one attached hydrogen (secondary N) is 3. The van der Waals surface area contributed by atoms with Gasteiger partial charge in [-0.3, -0.25) is 5.43 Å². The van der Waals surface area contributed by atoms with Crippen LogP contribution < -0.4 is 35.0 Å². The van der Waals surface area contributed by atoms with Gasteiger partial charge in [0.2, 0.25) is 0 Å². The molecule has 0 saturated heterocycles. The molecule has 0 spiro atoms. The number of aliphatic hydroxyl groups is 1. The second-order valence-corrected chi connectivity index (χ2v) is 10.6. The number of amides is 2. The Morgan fingerprint density at radius 3 is 2.51 bits per heavy atom. The van der Waals surface area contributed by atoms with E-state index in [-0.39, 0.29) is 12.2 Å². The summed E-state index contributed by atoms with van der Waals surface area (Å²) in [6.45, 7) is 3.99. The smallest absolute Gasteiger partial charge is 0.337 e. The van der Waals surface area contributed by atoms with Gasteiger partial charge in [-0.25, -0.2) is 9.59 Å². The quantitative estimate of drug-likeness (QED) is 0.0831. The van der Waals surface area contributed by atoms with Gasteiger partial charge in [-0.1, -0.05) is 36.4 Å². The molecule has 1 aliphatic rings. The number of carbonyl (C=O) groups is 2. The zero-order valence-electron chi connectivity index (χ0n) is 25.3. The van der Waals surface area contributed by atoms with E-state index in [2.05, 4.69) is 37.1 Å². The fourth-order valence-corrected chi connectivity index (χ4v) is 4.90. The summed E-state index contributed by atoms with van der Waals surface area (Å²) in [5.41, 5.74) is 5.59. The number of ether oxygens (including phenoxy) is 5. The summed E-state index contributed by atoms with van der Waals surface area (Å²) < 4.78 is 28.6. The van der Waals surface area contributed by atoms with Gasteiger partial charge in [-0.15, -0.1) is 0 Å². The first-order chi connectivity index (χ1) is 21.7. The van der Waals surface area contributed by atoms with Gasteiger partial charge < -0.3 is 39.4 Å². The number of carbonyl (C=O) groups excluding carboxylic acids is 2. The van der Waals surface area contributed by atoms with Crippen LogP contribution >= 0.6 is 15.9 Å². The van der Waals surface area contributed by atoms with E-state index in [9.17, 15) is 14.7 Å². The van der Waals surface area contributed by atoms with Crippen LogP contribution in [0.4, 0.5) is 4.79 Å². The molecule has 0 radical (unpaired) electrons. The van der Waals surface area contributed by atoms with Gasteiger partial charge in [0, 0.05) is 15.7 Å². The number of hydrogen-bond acceptors (Lipinski definition) is 10. The molecule has 0 unspecified atom stereocenters. The number of hydrazone groups is 1. The molecule has 12 nitrogen and oxygen atoms in total. The molecule has 0 saturated carbocycles. The summed E-state index contributed by atoms with van der Waals surface area (Å²) in [6, 6.07) is 17.2. The molecule has 3 aromatic rings. The number of esters is 1. The van der Waals surface area contributed by atoms with E-state index in [1.807, 2.05) is 37.3 Å². The lowest BCUT2D eigenvalue weighted by atomic mass is 9.95. The summed E-state index contributed by atoms with van der Waals surface area (Å²) >= 11 is 3.53. The molecule has 0 aliphatic carbocycles. The summed E-state index contributed by atoms with van der Waals surface area (Å²) in [5.74, 6) is 1.24. The van der Waals surface area contributed by atoms with Crippen molar-refractivity contribution in [1.82, 2.24) is 16.1 Å². The van der Waals surface area contributed by atoms with Crippen LogP contribution in [0.3, 0.4) is 0 Å². The maximum atomic E-state index is 12.5. The van der Waals surface area contributed by atoms with Gasteiger partial charge in [0.25, 0.3) is 0 Å². The molecule has 1 heterocycles. The predicted octanol–water partition coefficient (Wildman–Crippen LogP) is 4.56. The molecule has 1 aliphatic heterocycles. The van der Waals surface area contributed by atoms with Crippen molar-refractivity contribution in [2.75, 3.05) is 27.4 Å². The molecule has 0 bridgehead atoms. The topological polar surface area (TPSA) is 149 Å². The van der Waals surface area contributed by atoms with Crippen molar-refractivity contribution in [2.45, 2.75) is 32.7 Å². The molecule has 2 amide bonds. The molecule has 4 N–H and O–H groups in total. The number of hydrogen-bond donors (Lipinski definition) is 4. The highest BCUT2D eigenvalue weighted by Crippen LogP contribution is 2.35. The third-order valence-electron chi connectivity index (χ3n) is 6.62. The van der Waals surface area contributed by atoms with Crippen LogP contribution in [-0.4, -0.2) is 57.0 Å². The molecule has 0 fully saturated rings. The van der Waals surface area contributed by atoms with E-state index in [0.717, 1.165) is 10.0 Å². The fourth-order valence-electron chi connectivity index (χ4n) is 4.47. The number of aliphatic hydroxyl groups excluding tert-OH is 1. The highest BCUT2D eigenvalue weighted by Gasteiger charge is 2.32. The molecule has 0 aromatic heterocycles. The Bertz CT molecular complexity index is 1560. The zero-order valence-corrected chi connectivity index (χ0v) is 26.8. The minimum absolute atomic E-state index is 0.163. The number of allylic oxidation sites excluding steroid dienone is 1. The Labute approximate surface area is 269 Å². The number of rotatable bonds is 14. The molecule has 2 atom stereocenters. The number of nitrogens with zero attached hydrogens (tertiary/aromatic N) is 1. The first-order valence-electron chi connectivity index (χ1n) is 14.0. The van der Waals surface area contributed by atoms with Crippen LogP contribution in [0.15, 0.2) is 81.5 Å². The van der Waals surface area contributed by atoms with Crippen molar-refractivity contribution in [3.63, 3.8) is 0 Å². The van der Waals surface area contributed by atoms with Crippen molar-refractivity contribution in [3.8, 4) is 23.0 Å². The van der Waals surface area contributed by atoms with Gasteiger partial charge >= 0.3 is 12.0 Å². The maximum Gasteiger partial charge on any atom is 0.337 e. The summed E-state index contributed by atoms with van der Waals surface area (Å²) in [7, 11) is 2.83. The second kappa shape index (κ2) is 15.8. The minimum Gasteiger partial charge on any atom is -0.493 e. The van der Waals surface area contributed by atoms with Gasteiger partial charge in [0.15, 0.2) is 29.2 Å². The Balaban J connectivity index is 1.39. The van der Waals surface area contributed by atoms with Crippen LogP contribution in [0.1, 0.15) is 36.6 Å². The second-order valence-electron chi connectivity index (χ2n) is 9.71. The van der Waals surface area contributed by atoms with Crippen molar-refractivity contribution in [3.05, 3.63) is 93.1 Å². The minimum atomic E-state index is -1.16. The largest absolute Gasteiger partial charge is 0.493 e. The Kier molecular flexibility index (Phi) is 11.7. The van der Waals surface area contributed by atoms with Crippen LogP contribution in [0.25, 0.3) is 0 Å². The highest BCUT2D eigenvalue weighted by atomic mass is 79.9. The monoisotopic (exact) mass is 682 g/mol. The summed E-state index contributed by atoms with van der Waals surface area (Å²) in [4.78, 5) is 24.6. The van der Waals surface area contributed by atoms with E-state index in [1.54, 1.807) is 44.4 Å². The lowest BCUT2D eigenvalue weighted by Gasteiger charge is -2.28. The maximum absolute atomic E-state index is 12.5. The van der Waals surface area contributed by atoms with Gasteiger partial charge in [-0.2, -0.15) is 5.10 Å². The van der Waals surface area contributed by atoms with E-state index in [4.69, 9.17) is 23.7 Å². The van der Waals surface area contributed by atoms with Crippen molar-refractivity contribution < 1.29 is 38.4 Å². The summed E-state index contributed by atoms with van der Waals surface area (Å²) in [6.07, 6.45) is 0.364. The first kappa shape index (κ1) is 33.1. The standard InChI is InChI=1S/C32H35BrN4O8/c1-5-43-26-13-21(30-29(31(39)42-4)19(2)35-32(40)36-30)11-12-24(26)45-18-28(38)37-34-16-22-14-25(41-3)27(15-23(22)33)44-17-20-9-7-6-8-10-20/h6-16,28,30,37-38H,5,17-18H2,1-4H3,(H2,35,36,40)/b34-16-/t28-,30+/m1/s1. The average Bonchev–Trinajstić information content (AvgIpc) is 3.03. The normalized spacial score (nSPS) is 15.2. The molecule has 3 aromatic carbocycles. The molecular formula is C32H35BrN4O8. The van der Waals surface area contributed by atoms with Crippen molar-refractivity contribution in [1.29, 1.82) is 0 Å². The van der Waals surface area contributed by atoms with E-state index in [0.29, 0.717) is 53.0 Å². The SMILES string of the molecule is CCOc1cc([C@@H]2NC(=O)NC(C)=C2C(=O)OC)ccc1OC[C@@H](O)N/N=C\c1cc(OC)c(OCc2ccccc2)cc1Br. The number of urea groups is 1. The van der Waals surface area contributed by atoms with Crippen LogP contribution in [0, 0.1) is 0 Å². The lowest BCUT2D eigenvalue weighted by Crippen LogP contribution is -2.45. The van der Waals surface area contributed by atoms with Gasteiger partial charge in [0.1, 0.15) is 13.2 Å². The van der Waals surface area contributed by atoms with Crippen LogP contribution in [0.2, 0.25) is 0 Å². The van der Waals surface area contributed by atoms with Gasteiger partial charge in [-0.05, 0) is 65.2 Å². The molecule has 13 heteroatoms. The number of methoxy groups -OCH3 is 2. The molecule has 4 rings (SSSR count). The lowest BCUT2D eigenvalue weighted by molar-refractivity contribution is -0.136. The highest BCUT2D eigenvalue weighted by molar-refractivity contribution is 9.10. The molecular weight excluding hydrogens is 648 g/mol. The Hall–Kier alpha value is -4.75. The molecule has 45 heavy (non-hydrogen) atoms. The predicted molar refractivity (Wildman–Crippen MR) is 170 cm³/mol. The average molecular weight is 684 g/mol. The van der Waals surface area contributed by atoms with E-state index in [1.165, 1.54) is 13.3 Å². The number of halogens is 1. The fraction of sp³-hybridized carbons (Fsp3) is 0.281. The third kappa shape index (κ3) is 8.67. The Morgan fingerprint density at radius 1 is 1.04 bits per heavy atom. The van der Waals surface area contributed by atoms with Crippen LogP contribution in [-0.2, 0) is 16.1 Å². The molecule has 238 valence electrons. The third-order valence-corrected chi connectivity index (χ3v) is 7.31. The number of benzene rings is 3. The zero-order chi connectivity index (χ0) is 32.3. The van der Waals surface area contributed by atoms with Crippen molar-refractivity contribution in [2.24, 2.45) is 5.10 Å².